The quantitative estimate of drug-likeness (QED) is 0.738. The molecule has 1 fully saturated rings. The topological polar surface area (TPSA) is 82.8 Å². The Balaban J connectivity index is 1.58. The fourth-order valence-electron chi connectivity index (χ4n) is 3.51. The summed E-state index contributed by atoms with van der Waals surface area (Å²) in [6.07, 6.45) is 2.42. The maximum atomic E-state index is 13.8. The first-order chi connectivity index (χ1) is 13.9. The van der Waals surface area contributed by atoms with E-state index in [1.165, 1.54) is 12.1 Å². The largest absolute Gasteiger partial charge is 0.331 e. The second kappa shape index (κ2) is 7.50. The third-order valence-corrected chi connectivity index (χ3v) is 5.02. The zero-order valence-corrected chi connectivity index (χ0v) is 16.2. The van der Waals surface area contributed by atoms with E-state index in [1.807, 2.05) is 0 Å². The van der Waals surface area contributed by atoms with E-state index in [-0.39, 0.29) is 17.6 Å². The van der Waals surface area contributed by atoms with Crippen molar-refractivity contribution in [2.24, 2.45) is 0 Å². The van der Waals surface area contributed by atoms with Gasteiger partial charge in [-0.25, -0.2) is 9.18 Å². The Morgan fingerprint density at radius 1 is 1.17 bits per heavy atom. The second-order valence-corrected chi connectivity index (χ2v) is 7.25. The Bertz CT molecular complexity index is 1080. The normalized spacial score (nSPS) is 16.2. The average molecular weight is 396 g/mol. The number of carbonyl (C=O) groups excluding carboxylic acids is 2. The third kappa shape index (κ3) is 3.63. The molecule has 0 aliphatic carbocycles. The van der Waals surface area contributed by atoms with Gasteiger partial charge in [-0.2, -0.15) is 0 Å². The third-order valence-electron chi connectivity index (χ3n) is 5.02. The summed E-state index contributed by atoms with van der Waals surface area (Å²) in [6.45, 7) is 1.19. The number of anilines is 1. The number of hydrogen-bond donors (Lipinski definition) is 1. The molecular formula is C20H21FN6O2. The lowest BCUT2D eigenvalue weighted by molar-refractivity contribution is 0.102. The van der Waals surface area contributed by atoms with Gasteiger partial charge in [-0.1, -0.05) is 12.1 Å². The lowest BCUT2D eigenvalue weighted by atomic mass is 10.1. The molecule has 1 N–H and O–H groups in total. The van der Waals surface area contributed by atoms with Crippen LogP contribution < -0.4 is 5.32 Å². The van der Waals surface area contributed by atoms with E-state index >= 15 is 0 Å². The van der Waals surface area contributed by atoms with Crippen molar-refractivity contribution in [2.75, 3.05) is 32.5 Å². The van der Waals surface area contributed by atoms with E-state index in [2.05, 4.69) is 15.5 Å². The average Bonchev–Trinajstić information content (AvgIpc) is 3.35. The summed E-state index contributed by atoms with van der Waals surface area (Å²) in [6, 6.07) is 9.30. The number of hydrogen-bond acceptors (Lipinski definition) is 4. The molecule has 3 heterocycles. The molecule has 2 aromatic heterocycles. The van der Waals surface area contributed by atoms with Crippen molar-refractivity contribution in [3.63, 3.8) is 0 Å². The molecule has 9 heteroatoms. The summed E-state index contributed by atoms with van der Waals surface area (Å²) in [7, 11) is 3.45. The van der Waals surface area contributed by atoms with Crippen molar-refractivity contribution in [3.8, 4) is 0 Å². The summed E-state index contributed by atoms with van der Waals surface area (Å²) in [4.78, 5) is 28.1. The number of halogens is 1. The van der Waals surface area contributed by atoms with E-state index in [9.17, 15) is 14.0 Å². The number of carbonyl (C=O) groups is 2. The maximum Gasteiger partial charge on any atom is 0.319 e. The van der Waals surface area contributed by atoms with E-state index in [1.54, 1.807) is 58.8 Å². The number of likely N-dealkylation sites (tertiary alicyclic amines) is 1. The maximum absolute atomic E-state index is 13.8. The Labute approximate surface area is 166 Å². The van der Waals surface area contributed by atoms with Crippen LogP contribution >= 0.6 is 0 Å². The molecule has 1 atom stereocenters. The molecule has 1 aliphatic heterocycles. The standard InChI is InChI=1S/C20H21FN6O2/c1-25(2)20(29)26-10-9-13(11-26)18-24-23-17-8-7-14(12-27(17)18)19(28)22-16-6-4-3-5-15(16)21/h3-8,12-13H,9-11H2,1-2H3,(H,22,28). The predicted molar refractivity (Wildman–Crippen MR) is 105 cm³/mol. The van der Waals surface area contributed by atoms with Gasteiger partial charge in [-0.05, 0) is 30.7 Å². The lowest BCUT2D eigenvalue weighted by Crippen LogP contribution is -2.37. The highest BCUT2D eigenvalue weighted by molar-refractivity contribution is 6.04. The second-order valence-electron chi connectivity index (χ2n) is 7.25. The highest BCUT2D eigenvalue weighted by Crippen LogP contribution is 2.27. The number of fused-ring (bicyclic) bond motifs is 1. The summed E-state index contributed by atoms with van der Waals surface area (Å²) >= 11 is 0. The number of rotatable bonds is 3. The molecule has 3 amide bonds. The van der Waals surface area contributed by atoms with Gasteiger partial charge in [0.05, 0.1) is 11.3 Å². The molecule has 0 saturated carbocycles. The summed E-state index contributed by atoms with van der Waals surface area (Å²) in [5.74, 6) is -0.190. The molecule has 0 spiro atoms. The van der Waals surface area contributed by atoms with Crippen LogP contribution in [-0.4, -0.2) is 63.5 Å². The van der Waals surface area contributed by atoms with Crippen LogP contribution in [0.5, 0.6) is 0 Å². The minimum atomic E-state index is -0.497. The fourth-order valence-corrected chi connectivity index (χ4v) is 3.51. The minimum absolute atomic E-state index is 0.0266. The minimum Gasteiger partial charge on any atom is -0.331 e. The van der Waals surface area contributed by atoms with Gasteiger partial charge in [-0.15, -0.1) is 10.2 Å². The van der Waals surface area contributed by atoms with Gasteiger partial charge in [-0.3, -0.25) is 9.20 Å². The van der Waals surface area contributed by atoms with Gasteiger partial charge >= 0.3 is 6.03 Å². The molecular weight excluding hydrogens is 375 g/mol. The van der Waals surface area contributed by atoms with Crippen LogP contribution in [0.4, 0.5) is 14.9 Å². The molecule has 1 unspecified atom stereocenters. The van der Waals surface area contributed by atoms with E-state index in [4.69, 9.17) is 0 Å². The van der Waals surface area contributed by atoms with Crippen molar-refractivity contribution in [2.45, 2.75) is 12.3 Å². The van der Waals surface area contributed by atoms with Gasteiger partial charge in [0.1, 0.15) is 11.6 Å². The number of nitrogens with zero attached hydrogens (tertiary/aromatic N) is 5. The van der Waals surface area contributed by atoms with Crippen LogP contribution in [0.25, 0.3) is 5.65 Å². The van der Waals surface area contributed by atoms with Crippen molar-refractivity contribution in [3.05, 3.63) is 59.8 Å². The zero-order chi connectivity index (χ0) is 20.5. The van der Waals surface area contributed by atoms with E-state index in [0.717, 1.165) is 6.42 Å². The molecule has 3 aromatic rings. The van der Waals surface area contributed by atoms with Crippen LogP contribution in [0.2, 0.25) is 0 Å². The molecule has 1 aliphatic rings. The molecule has 29 heavy (non-hydrogen) atoms. The summed E-state index contributed by atoms with van der Waals surface area (Å²) < 4.78 is 15.6. The van der Waals surface area contributed by atoms with E-state index < -0.39 is 11.7 Å². The van der Waals surface area contributed by atoms with Crippen molar-refractivity contribution < 1.29 is 14.0 Å². The SMILES string of the molecule is CN(C)C(=O)N1CCC(c2nnc3ccc(C(=O)Nc4ccccc4F)cn23)C1. The van der Waals surface area contributed by atoms with Crippen molar-refractivity contribution in [1.29, 1.82) is 0 Å². The van der Waals surface area contributed by atoms with Crippen LogP contribution in [0.1, 0.15) is 28.5 Å². The number of aromatic nitrogens is 3. The van der Waals surface area contributed by atoms with Crippen molar-refractivity contribution in [1.82, 2.24) is 24.4 Å². The van der Waals surface area contributed by atoms with Crippen LogP contribution in [0, 0.1) is 5.82 Å². The molecule has 4 rings (SSSR count). The van der Waals surface area contributed by atoms with Gasteiger partial charge in [0.25, 0.3) is 5.91 Å². The number of benzene rings is 1. The number of urea groups is 1. The van der Waals surface area contributed by atoms with E-state index in [0.29, 0.717) is 30.1 Å². The van der Waals surface area contributed by atoms with Crippen molar-refractivity contribution >= 4 is 23.3 Å². The first-order valence-electron chi connectivity index (χ1n) is 9.31. The number of amides is 3. The molecule has 8 nitrogen and oxygen atoms in total. The molecule has 0 radical (unpaired) electrons. The van der Waals surface area contributed by atoms with Crippen LogP contribution in [0.3, 0.4) is 0 Å². The Morgan fingerprint density at radius 3 is 2.72 bits per heavy atom. The Morgan fingerprint density at radius 2 is 1.97 bits per heavy atom. The highest BCUT2D eigenvalue weighted by atomic mass is 19.1. The van der Waals surface area contributed by atoms with Crippen LogP contribution in [0.15, 0.2) is 42.6 Å². The van der Waals surface area contributed by atoms with Gasteiger partial charge in [0.15, 0.2) is 5.65 Å². The number of pyridine rings is 1. The Hall–Kier alpha value is -3.49. The summed E-state index contributed by atoms with van der Waals surface area (Å²) in [5, 5.41) is 11.0. The summed E-state index contributed by atoms with van der Waals surface area (Å²) in [5.41, 5.74) is 1.09. The molecule has 1 aromatic carbocycles. The smallest absolute Gasteiger partial charge is 0.319 e. The Kier molecular flexibility index (Phi) is 4.87. The molecule has 1 saturated heterocycles. The van der Waals surface area contributed by atoms with Gasteiger partial charge in [0, 0.05) is 39.3 Å². The fraction of sp³-hybridized carbons (Fsp3) is 0.300. The molecule has 0 bridgehead atoms. The monoisotopic (exact) mass is 396 g/mol. The first kappa shape index (κ1) is 18.9. The van der Waals surface area contributed by atoms with Crippen LogP contribution in [-0.2, 0) is 0 Å². The highest BCUT2D eigenvalue weighted by Gasteiger charge is 2.31. The lowest BCUT2D eigenvalue weighted by Gasteiger charge is -2.21. The predicted octanol–water partition coefficient (Wildman–Crippen LogP) is 2.59. The first-order valence-corrected chi connectivity index (χ1v) is 9.31. The van der Waals surface area contributed by atoms with Gasteiger partial charge < -0.3 is 15.1 Å². The number of nitrogens with one attached hydrogen (secondary N) is 1. The zero-order valence-electron chi connectivity index (χ0n) is 16.2. The molecule has 150 valence electrons. The number of para-hydroxylation sites is 1. The van der Waals surface area contributed by atoms with Gasteiger partial charge in [0.2, 0.25) is 0 Å².